The molecule has 0 saturated carbocycles. The van der Waals surface area contributed by atoms with Crippen molar-refractivity contribution < 1.29 is 4.74 Å². The van der Waals surface area contributed by atoms with Gasteiger partial charge in [0.25, 0.3) is 0 Å². The Labute approximate surface area is 107 Å². The van der Waals surface area contributed by atoms with Gasteiger partial charge in [-0.1, -0.05) is 0 Å². The van der Waals surface area contributed by atoms with Crippen LogP contribution in [-0.4, -0.2) is 38.3 Å². The highest BCUT2D eigenvalue weighted by Gasteiger charge is 2.11. The summed E-state index contributed by atoms with van der Waals surface area (Å²) in [5.41, 5.74) is 0.991. The molecule has 1 N–H and O–H groups in total. The highest BCUT2D eigenvalue weighted by Crippen LogP contribution is 2.22. The van der Waals surface area contributed by atoms with Gasteiger partial charge in [0.15, 0.2) is 0 Å². The summed E-state index contributed by atoms with van der Waals surface area (Å²) in [7, 11) is 1.68. The summed E-state index contributed by atoms with van der Waals surface area (Å²) in [6, 6.07) is 10.2. The van der Waals surface area contributed by atoms with Crippen LogP contribution in [0.15, 0.2) is 30.3 Å². The van der Waals surface area contributed by atoms with Crippen LogP contribution in [0.25, 0.3) is 10.9 Å². The van der Waals surface area contributed by atoms with Crippen molar-refractivity contribution in [3.05, 3.63) is 30.3 Å². The molecule has 1 fully saturated rings. The second-order valence-corrected chi connectivity index (χ2v) is 4.47. The lowest BCUT2D eigenvalue weighted by Gasteiger charge is -2.28. The third-order valence-corrected chi connectivity index (χ3v) is 3.33. The molecule has 18 heavy (non-hydrogen) atoms. The molecule has 0 radical (unpaired) electrons. The average Bonchev–Trinajstić information content (AvgIpc) is 2.47. The second kappa shape index (κ2) is 4.82. The minimum atomic E-state index is 0.854. The van der Waals surface area contributed by atoms with Gasteiger partial charge in [-0.3, -0.25) is 0 Å². The Hall–Kier alpha value is -1.81. The summed E-state index contributed by atoms with van der Waals surface area (Å²) < 4.78 is 5.24. The van der Waals surface area contributed by atoms with Crippen molar-refractivity contribution in [2.24, 2.45) is 0 Å². The predicted molar refractivity (Wildman–Crippen MR) is 73.4 cm³/mol. The Bertz CT molecular complexity index is 550. The summed E-state index contributed by atoms with van der Waals surface area (Å²) in [5.74, 6) is 1.91. The zero-order valence-electron chi connectivity index (χ0n) is 10.5. The molecule has 2 aromatic rings. The minimum Gasteiger partial charge on any atom is -0.497 e. The molecule has 0 spiro atoms. The molecule has 4 nitrogen and oxygen atoms in total. The fraction of sp³-hybridized carbons (Fsp3) is 0.357. The molecule has 2 heterocycles. The summed E-state index contributed by atoms with van der Waals surface area (Å²) in [6.45, 7) is 4.08. The quantitative estimate of drug-likeness (QED) is 0.870. The third-order valence-electron chi connectivity index (χ3n) is 3.33. The number of anilines is 1. The van der Waals surface area contributed by atoms with Crippen LogP contribution in [0.5, 0.6) is 5.75 Å². The molecule has 0 atom stereocenters. The Morgan fingerprint density at radius 2 is 1.94 bits per heavy atom. The van der Waals surface area contributed by atoms with E-state index in [4.69, 9.17) is 9.72 Å². The van der Waals surface area contributed by atoms with Crippen LogP contribution in [0.2, 0.25) is 0 Å². The van der Waals surface area contributed by atoms with Crippen LogP contribution < -0.4 is 15.0 Å². The number of aromatic nitrogens is 1. The van der Waals surface area contributed by atoms with E-state index in [9.17, 15) is 0 Å². The fourth-order valence-electron chi connectivity index (χ4n) is 2.28. The van der Waals surface area contributed by atoms with Gasteiger partial charge in [-0.2, -0.15) is 0 Å². The number of nitrogens with zero attached hydrogens (tertiary/aromatic N) is 2. The molecule has 0 bridgehead atoms. The van der Waals surface area contributed by atoms with Gasteiger partial charge in [-0.15, -0.1) is 0 Å². The first kappa shape index (κ1) is 11.3. The maximum atomic E-state index is 5.24. The summed E-state index contributed by atoms with van der Waals surface area (Å²) in [6.07, 6.45) is 0. The zero-order chi connectivity index (χ0) is 12.4. The Balaban J connectivity index is 1.97. The van der Waals surface area contributed by atoms with Gasteiger partial charge in [-0.25, -0.2) is 4.98 Å². The number of ether oxygens (including phenoxy) is 1. The van der Waals surface area contributed by atoms with Gasteiger partial charge in [-0.05, 0) is 24.3 Å². The van der Waals surface area contributed by atoms with Gasteiger partial charge in [0.2, 0.25) is 0 Å². The Kier molecular flexibility index (Phi) is 3.02. The number of fused-ring (bicyclic) bond motifs is 1. The van der Waals surface area contributed by atoms with Crippen molar-refractivity contribution >= 4 is 16.7 Å². The van der Waals surface area contributed by atoms with Gasteiger partial charge in [0.1, 0.15) is 11.6 Å². The topological polar surface area (TPSA) is 37.4 Å². The van der Waals surface area contributed by atoms with Crippen LogP contribution >= 0.6 is 0 Å². The van der Waals surface area contributed by atoms with Crippen LogP contribution in [-0.2, 0) is 0 Å². The first-order valence-corrected chi connectivity index (χ1v) is 6.27. The Morgan fingerprint density at radius 3 is 2.72 bits per heavy atom. The molecule has 0 aliphatic carbocycles. The molecule has 1 saturated heterocycles. The Morgan fingerprint density at radius 1 is 1.17 bits per heavy atom. The van der Waals surface area contributed by atoms with E-state index in [1.807, 2.05) is 18.2 Å². The lowest BCUT2D eigenvalue weighted by atomic mass is 10.2. The minimum absolute atomic E-state index is 0.854. The molecule has 0 amide bonds. The predicted octanol–water partition coefficient (Wildman–Crippen LogP) is 1.65. The van der Waals surface area contributed by atoms with E-state index in [1.165, 1.54) is 0 Å². The first-order valence-electron chi connectivity index (χ1n) is 6.27. The molecule has 0 unspecified atom stereocenters. The van der Waals surface area contributed by atoms with E-state index in [1.54, 1.807) is 7.11 Å². The average molecular weight is 243 g/mol. The molecular weight excluding hydrogens is 226 g/mol. The number of nitrogens with one attached hydrogen (secondary N) is 1. The monoisotopic (exact) mass is 243 g/mol. The number of pyridine rings is 1. The van der Waals surface area contributed by atoms with Crippen molar-refractivity contribution in [2.45, 2.75) is 0 Å². The van der Waals surface area contributed by atoms with Crippen LogP contribution in [0.1, 0.15) is 0 Å². The normalized spacial score (nSPS) is 15.9. The molecule has 4 heteroatoms. The van der Waals surface area contributed by atoms with E-state index in [0.717, 1.165) is 48.6 Å². The lowest BCUT2D eigenvalue weighted by Crippen LogP contribution is -2.43. The highest BCUT2D eigenvalue weighted by molar-refractivity contribution is 5.81. The number of rotatable bonds is 2. The molecule has 3 rings (SSSR count). The summed E-state index contributed by atoms with van der Waals surface area (Å²) >= 11 is 0. The molecule has 1 aromatic carbocycles. The van der Waals surface area contributed by atoms with Crippen LogP contribution in [0.4, 0.5) is 5.82 Å². The van der Waals surface area contributed by atoms with Crippen LogP contribution in [0, 0.1) is 0 Å². The third kappa shape index (κ3) is 2.11. The van der Waals surface area contributed by atoms with E-state index in [0.29, 0.717) is 0 Å². The first-order chi connectivity index (χ1) is 8.86. The maximum absolute atomic E-state index is 5.24. The van der Waals surface area contributed by atoms with Gasteiger partial charge in [0, 0.05) is 37.6 Å². The number of piperazine rings is 1. The summed E-state index contributed by atoms with van der Waals surface area (Å²) in [5, 5.41) is 4.50. The van der Waals surface area contributed by atoms with Gasteiger partial charge < -0.3 is 15.0 Å². The van der Waals surface area contributed by atoms with Crippen molar-refractivity contribution in [3.63, 3.8) is 0 Å². The van der Waals surface area contributed by atoms with E-state index >= 15 is 0 Å². The van der Waals surface area contributed by atoms with E-state index < -0.39 is 0 Å². The largest absolute Gasteiger partial charge is 0.497 e. The van der Waals surface area contributed by atoms with E-state index in [2.05, 4.69) is 22.3 Å². The molecule has 1 aliphatic rings. The number of methoxy groups -OCH3 is 1. The highest BCUT2D eigenvalue weighted by atomic mass is 16.5. The molecule has 1 aliphatic heterocycles. The van der Waals surface area contributed by atoms with E-state index in [-0.39, 0.29) is 0 Å². The molecule has 94 valence electrons. The molecule has 1 aromatic heterocycles. The number of hydrogen-bond acceptors (Lipinski definition) is 4. The van der Waals surface area contributed by atoms with Crippen LogP contribution in [0.3, 0.4) is 0 Å². The van der Waals surface area contributed by atoms with Crippen molar-refractivity contribution in [2.75, 3.05) is 38.2 Å². The second-order valence-electron chi connectivity index (χ2n) is 4.47. The maximum Gasteiger partial charge on any atom is 0.129 e. The fourth-order valence-corrected chi connectivity index (χ4v) is 2.28. The number of benzene rings is 1. The lowest BCUT2D eigenvalue weighted by molar-refractivity contribution is 0.415. The standard InChI is InChI=1S/C14H17N3O/c1-18-12-4-2-11-3-5-14(16-13(11)10-12)17-8-6-15-7-9-17/h2-5,10,15H,6-9H2,1H3. The SMILES string of the molecule is COc1ccc2ccc(N3CCNCC3)nc2c1. The van der Waals surface area contributed by atoms with Gasteiger partial charge in [0.05, 0.1) is 12.6 Å². The van der Waals surface area contributed by atoms with Crippen molar-refractivity contribution in [1.29, 1.82) is 0 Å². The number of hydrogen-bond donors (Lipinski definition) is 1. The van der Waals surface area contributed by atoms with Crippen molar-refractivity contribution in [1.82, 2.24) is 10.3 Å². The van der Waals surface area contributed by atoms with Gasteiger partial charge >= 0.3 is 0 Å². The smallest absolute Gasteiger partial charge is 0.129 e. The molecular formula is C14H17N3O. The zero-order valence-corrected chi connectivity index (χ0v) is 10.5. The summed E-state index contributed by atoms with van der Waals surface area (Å²) in [4.78, 5) is 7.04. The van der Waals surface area contributed by atoms with Crippen molar-refractivity contribution in [3.8, 4) is 5.75 Å².